The number of benzene rings is 1. The maximum Gasteiger partial charge on any atom is 0.253 e. The van der Waals surface area contributed by atoms with E-state index in [0.717, 1.165) is 5.56 Å². The van der Waals surface area contributed by atoms with Gasteiger partial charge in [0, 0.05) is 31.8 Å². The number of aliphatic hydroxyl groups excluding tert-OH is 1. The van der Waals surface area contributed by atoms with Gasteiger partial charge < -0.3 is 36.0 Å². The summed E-state index contributed by atoms with van der Waals surface area (Å²) < 4.78 is 6.01. The van der Waals surface area contributed by atoms with Gasteiger partial charge in [0.25, 0.3) is 5.91 Å². The van der Waals surface area contributed by atoms with Crippen molar-refractivity contribution in [2.24, 2.45) is 5.92 Å². The SMILES string of the molecule is CC[C@@H]1NC(=O)[C@@H](NC(=O)c2cccnc2)Cc2ccc(cc2)OC[C@H](CC(C)C)NC(=O)[C@@H](C)NC(=O)[C@@H]2C[C@@H](O)CN2C1=O. The number of nitrogens with zero attached hydrogens (tertiary/aromatic N) is 2. The molecule has 5 N–H and O–H groups in total. The van der Waals surface area contributed by atoms with E-state index in [1.807, 2.05) is 13.8 Å². The molecule has 46 heavy (non-hydrogen) atoms. The molecule has 6 atom stereocenters. The molecular formula is C33H44N6O7. The lowest BCUT2D eigenvalue weighted by Crippen LogP contribution is -2.58. The van der Waals surface area contributed by atoms with Gasteiger partial charge in [-0.05, 0) is 55.5 Å². The fourth-order valence-electron chi connectivity index (χ4n) is 5.66. The van der Waals surface area contributed by atoms with Crippen molar-refractivity contribution in [1.29, 1.82) is 0 Å². The molecule has 0 spiro atoms. The smallest absolute Gasteiger partial charge is 0.253 e. The molecule has 0 unspecified atom stereocenters. The van der Waals surface area contributed by atoms with Gasteiger partial charge in [0.2, 0.25) is 23.6 Å². The lowest BCUT2D eigenvalue weighted by molar-refractivity contribution is -0.142. The zero-order valence-electron chi connectivity index (χ0n) is 26.7. The van der Waals surface area contributed by atoms with E-state index in [1.165, 1.54) is 17.3 Å². The van der Waals surface area contributed by atoms with Gasteiger partial charge in [-0.25, -0.2) is 0 Å². The summed E-state index contributed by atoms with van der Waals surface area (Å²) in [5.41, 5.74) is 0.999. The average Bonchev–Trinajstić information content (AvgIpc) is 3.43. The summed E-state index contributed by atoms with van der Waals surface area (Å²) in [6.45, 7) is 7.41. The lowest BCUT2D eigenvalue weighted by atomic mass is 10.0. The minimum Gasteiger partial charge on any atom is -0.491 e. The number of ether oxygens (including phenoxy) is 1. The van der Waals surface area contributed by atoms with Crippen LogP contribution in [0.1, 0.15) is 62.9 Å². The first-order valence-corrected chi connectivity index (χ1v) is 15.8. The molecule has 0 aliphatic carbocycles. The Bertz CT molecular complexity index is 1390. The highest BCUT2D eigenvalue weighted by Gasteiger charge is 2.42. The van der Waals surface area contributed by atoms with E-state index < -0.39 is 59.8 Å². The molecule has 0 saturated carbocycles. The largest absolute Gasteiger partial charge is 0.491 e. The first-order chi connectivity index (χ1) is 21.9. The van der Waals surface area contributed by atoms with E-state index in [9.17, 15) is 29.1 Å². The molecule has 5 amide bonds. The molecule has 1 aromatic carbocycles. The summed E-state index contributed by atoms with van der Waals surface area (Å²) in [7, 11) is 0. The van der Waals surface area contributed by atoms with Crippen LogP contribution < -0.4 is 26.0 Å². The number of carbonyl (C=O) groups excluding carboxylic acids is 5. The van der Waals surface area contributed by atoms with Crippen LogP contribution in [-0.2, 0) is 25.6 Å². The third-order valence-corrected chi connectivity index (χ3v) is 8.10. The minimum atomic E-state index is -1.05. The summed E-state index contributed by atoms with van der Waals surface area (Å²) in [6, 6.07) is 5.87. The molecule has 13 nitrogen and oxygen atoms in total. The Balaban J connectivity index is 1.65. The summed E-state index contributed by atoms with van der Waals surface area (Å²) in [5.74, 6) is -1.82. The normalized spacial score (nSPS) is 26.4. The highest BCUT2D eigenvalue weighted by atomic mass is 16.5. The van der Waals surface area contributed by atoms with Crippen molar-refractivity contribution in [2.45, 2.75) is 89.7 Å². The number of rotatable bonds is 5. The van der Waals surface area contributed by atoms with Crippen molar-refractivity contribution in [1.82, 2.24) is 31.2 Å². The lowest BCUT2D eigenvalue weighted by Gasteiger charge is -2.30. The molecule has 248 valence electrons. The quantitative estimate of drug-likeness (QED) is 0.298. The molecule has 1 saturated heterocycles. The Kier molecular flexibility index (Phi) is 11.7. The topological polar surface area (TPSA) is 179 Å². The number of nitrogens with one attached hydrogen (secondary N) is 4. The van der Waals surface area contributed by atoms with E-state index >= 15 is 0 Å². The molecule has 4 heterocycles. The second-order valence-electron chi connectivity index (χ2n) is 12.4. The number of aliphatic hydroxyl groups is 1. The molecule has 2 bridgehead atoms. The van der Waals surface area contributed by atoms with Gasteiger partial charge in [0.1, 0.15) is 36.5 Å². The Morgan fingerprint density at radius 1 is 1.07 bits per heavy atom. The van der Waals surface area contributed by atoms with Crippen LogP contribution >= 0.6 is 0 Å². The van der Waals surface area contributed by atoms with Crippen LogP contribution in [0.25, 0.3) is 0 Å². The van der Waals surface area contributed by atoms with Crippen molar-refractivity contribution < 1.29 is 33.8 Å². The van der Waals surface area contributed by atoms with Crippen LogP contribution in [0, 0.1) is 5.92 Å². The second-order valence-corrected chi connectivity index (χ2v) is 12.4. The highest BCUT2D eigenvalue weighted by molar-refractivity contribution is 5.99. The summed E-state index contributed by atoms with van der Waals surface area (Å²) >= 11 is 0. The number of hydrogen-bond acceptors (Lipinski definition) is 8. The number of pyridine rings is 1. The zero-order valence-corrected chi connectivity index (χ0v) is 26.7. The third-order valence-electron chi connectivity index (χ3n) is 8.10. The molecule has 1 aromatic heterocycles. The Morgan fingerprint density at radius 2 is 1.80 bits per heavy atom. The minimum absolute atomic E-state index is 0.0144. The fraction of sp³-hybridized carbons (Fsp3) is 0.515. The summed E-state index contributed by atoms with van der Waals surface area (Å²) in [5, 5.41) is 21.6. The van der Waals surface area contributed by atoms with Crippen LogP contribution in [0.3, 0.4) is 0 Å². The standard InChI is InChI=1S/C33H44N6O7/c1-5-26-33(45)39-17-24(40)15-28(39)32(44)35-20(4)29(41)36-23(13-19(2)3)18-46-25-10-8-21(9-11-25)14-27(31(43)37-26)38-30(42)22-7-6-12-34-16-22/h6-12,16,19-20,23-24,26-28,40H,5,13-15,17-18H2,1-4H3,(H,35,44)(H,36,41)(H,37,43)(H,38,42)/t20-,23+,24-,26+,27+,28+/m1/s1. The Hall–Kier alpha value is -4.52. The van der Waals surface area contributed by atoms with Crippen LogP contribution in [0.15, 0.2) is 48.8 Å². The van der Waals surface area contributed by atoms with Crippen LogP contribution in [-0.4, -0.2) is 94.0 Å². The zero-order chi connectivity index (χ0) is 33.4. The van der Waals surface area contributed by atoms with Gasteiger partial charge in [-0.2, -0.15) is 0 Å². The molecule has 5 rings (SSSR count). The maximum absolute atomic E-state index is 13.7. The molecule has 0 radical (unpaired) electrons. The molecule has 2 aromatic rings. The molecule has 3 aliphatic rings. The van der Waals surface area contributed by atoms with Crippen molar-refractivity contribution in [3.8, 4) is 5.75 Å². The Morgan fingerprint density at radius 3 is 2.46 bits per heavy atom. The van der Waals surface area contributed by atoms with E-state index in [-0.39, 0.29) is 49.9 Å². The number of amides is 5. The number of fused-ring (bicyclic) bond motifs is 14. The van der Waals surface area contributed by atoms with Gasteiger partial charge in [-0.3, -0.25) is 29.0 Å². The monoisotopic (exact) mass is 636 g/mol. The number of hydrogen-bond donors (Lipinski definition) is 5. The molecule has 1 fully saturated rings. The van der Waals surface area contributed by atoms with Gasteiger partial charge in [-0.15, -0.1) is 0 Å². The average molecular weight is 637 g/mol. The molecule has 3 aliphatic heterocycles. The first kappa shape index (κ1) is 34.4. The van der Waals surface area contributed by atoms with E-state index in [4.69, 9.17) is 4.74 Å². The van der Waals surface area contributed by atoms with Crippen molar-refractivity contribution in [3.63, 3.8) is 0 Å². The second kappa shape index (κ2) is 15.7. The molecular weight excluding hydrogens is 592 g/mol. The van der Waals surface area contributed by atoms with Gasteiger partial charge in [0.05, 0.1) is 17.7 Å². The summed E-state index contributed by atoms with van der Waals surface area (Å²) in [6.07, 6.45) is 2.89. The predicted octanol–water partition coefficient (Wildman–Crippen LogP) is 0.707. The van der Waals surface area contributed by atoms with Crippen molar-refractivity contribution in [2.75, 3.05) is 13.2 Å². The van der Waals surface area contributed by atoms with Gasteiger partial charge >= 0.3 is 0 Å². The fourth-order valence-corrected chi connectivity index (χ4v) is 5.66. The van der Waals surface area contributed by atoms with E-state index in [0.29, 0.717) is 12.2 Å². The van der Waals surface area contributed by atoms with E-state index in [2.05, 4.69) is 26.3 Å². The van der Waals surface area contributed by atoms with Crippen LogP contribution in [0.5, 0.6) is 5.75 Å². The highest BCUT2D eigenvalue weighted by Crippen LogP contribution is 2.21. The molecule has 13 heteroatoms. The first-order valence-electron chi connectivity index (χ1n) is 15.8. The van der Waals surface area contributed by atoms with Crippen molar-refractivity contribution >= 4 is 29.5 Å². The summed E-state index contributed by atoms with van der Waals surface area (Å²) in [4.78, 5) is 72.2. The predicted molar refractivity (Wildman–Crippen MR) is 168 cm³/mol. The Labute approximate surface area is 268 Å². The van der Waals surface area contributed by atoms with E-state index in [1.54, 1.807) is 50.2 Å². The number of aromatic nitrogens is 1. The van der Waals surface area contributed by atoms with Gasteiger partial charge in [0.15, 0.2) is 0 Å². The van der Waals surface area contributed by atoms with Crippen molar-refractivity contribution in [3.05, 3.63) is 59.9 Å². The van der Waals surface area contributed by atoms with Crippen LogP contribution in [0.2, 0.25) is 0 Å². The van der Waals surface area contributed by atoms with Gasteiger partial charge in [-0.1, -0.05) is 32.9 Å². The third kappa shape index (κ3) is 9.03. The van der Waals surface area contributed by atoms with Crippen LogP contribution in [0.4, 0.5) is 0 Å². The number of carbonyl (C=O) groups is 5. The maximum atomic E-state index is 13.7.